The average Bonchev–Trinajstić information content (AvgIpc) is 2.60. The van der Waals surface area contributed by atoms with Crippen LogP contribution in [0.1, 0.15) is 22.8 Å². The Kier molecular flexibility index (Phi) is 6.42. The number of benzene rings is 2. The van der Waals surface area contributed by atoms with Gasteiger partial charge in [0.25, 0.3) is 5.91 Å². The van der Waals surface area contributed by atoms with Gasteiger partial charge in [-0.15, -0.1) is 0 Å². The van der Waals surface area contributed by atoms with Gasteiger partial charge in [-0.1, -0.05) is 35.9 Å². The van der Waals surface area contributed by atoms with Gasteiger partial charge in [-0.2, -0.15) is 0 Å². The van der Waals surface area contributed by atoms with Gasteiger partial charge in [-0.25, -0.2) is 4.79 Å². The molecule has 0 fully saturated rings. The molecule has 5 nitrogen and oxygen atoms in total. The fraction of sp³-hybridized carbons (Fsp3) is 0.263. The number of amides is 1. The highest BCUT2D eigenvalue weighted by Gasteiger charge is 2.22. The van der Waals surface area contributed by atoms with Crippen molar-refractivity contribution in [3.8, 4) is 5.75 Å². The number of hydrogen-bond acceptors (Lipinski definition) is 4. The van der Waals surface area contributed by atoms with E-state index in [1.54, 1.807) is 50.5 Å². The molecule has 0 bridgehead atoms. The third-order valence-electron chi connectivity index (χ3n) is 3.49. The Morgan fingerprint density at radius 3 is 2.36 bits per heavy atom. The number of para-hydroxylation sites is 1. The van der Waals surface area contributed by atoms with Gasteiger partial charge in [0.1, 0.15) is 17.9 Å². The van der Waals surface area contributed by atoms with Crippen molar-refractivity contribution in [2.75, 3.05) is 14.1 Å². The van der Waals surface area contributed by atoms with Crippen LogP contribution in [0.25, 0.3) is 0 Å². The van der Waals surface area contributed by atoms with E-state index >= 15 is 0 Å². The van der Waals surface area contributed by atoms with Crippen molar-refractivity contribution in [3.05, 3.63) is 64.7 Å². The molecule has 132 valence electrons. The van der Waals surface area contributed by atoms with E-state index in [4.69, 9.17) is 21.1 Å². The predicted molar refractivity (Wildman–Crippen MR) is 95.8 cm³/mol. The second-order valence-corrected chi connectivity index (χ2v) is 6.13. The van der Waals surface area contributed by atoms with Crippen molar-refractivity contribution in [2.45, 2.75) is 19.6 Å². The van der Waals surface area contributed by atoms with Gasteiger partial charge in [0.15, 0.2) is 6.10 Å². The van der Waals surface area contributed by atoms with E-state index in [0.29, 0.717) is 10.8 Å². The standard InChI is InChI=1S/C19H20ClNO4/c1-13(18(22)21(2)3)25-19(23)16-6-4-5-7-17(16)24-12-14-8-10-15(20)11-9-14/h4-11,13H,12H2,1-3H3/t13-/m1/s1. The third kappa shape index (κ3) is 5.22. The SMILES string of the molecule is C[C@@H](OC(=O)c1ccccc1OCc1ccc(Cl)cc1)C(=O)N(C)C. The van der Waals surface area contributed by atoms with Crippen molar-refractivity contribution in [1.82, 2.24) is 4.90 Å². The predicted octanol–water partition coefficient (Wildman–Crippen LogP) is 3.55. The lowest BCUT2D eigenvalue weighted by Gasteiger charge is -2.18. The monoisotopic (exact) mass is 361 g/mol. The molecule has 2 rings (SSSR count). The summed E-state index contributed by atoms with van der Waals surface area (Å²) < 4.78 is 11.0. The fourth-order valence-electron chi connectivity index (χ4n) is 2.14. The summed E-state index contributed by atoms with van der Waals surface area (Å²) in [5, 5.41) is 0.646. The minimum Gasteiger partial charge on any atom is -0.488 e. The van der Waals surface area contributed by atoms with Crippen LogP contribution in [0.4, 0.5) is 0 Å². The molecule has 0 aliphatic rings. The van der Waals surface area contributed by atoms with Crippen LogP contribution in [0.15, 0.2) is 48.5 Å². The van der Waals surface area contributed by atoms with E-state index < -0.39 is 12.1 Å². The topological polar surface area (TPSA) is 55.8 Å². The lowest BCUT2D eigenvalue weighted by Crippen LogP contribution is -2.35. The molecule has 1 amide bonds. The minimum atomic E-state index is -0.869. The van der Waals surface area contributed by atoms with Crippen LogP contribution in [0.5, 0.6) is 5.75 Å². The molecule has 25 heavy (non-hydrogen) atoms. The second-order valence-electron chi connectivity index (χ2n) is 5.69. The molecule has 0 saturated heterocycles. The zero-order chi connectivity index (χ0) is 18.4. The Bertz CT molecular complexity index is 743. The maximum Gasteiger partial charge on any atom is 0.342 e. The largest absolute Gasteiger partial charge is 0.488 e. The first-order chi connectivity index (χ1) is 11.9. The number of likely N-dealkylation sites (N-methyl/N-ethyl adjacent to an activating group) is 1. The van der Waals surface area contributed by atoms with Gasteiger partial charge in [0.05, 0.1) is 0 Å². The maximum atomic E-state index is 12.4. The first kappa shape index (κ1) is 18.8. The molecule has 0 N–H and O–H groups in total. The molecule has 0 heterocycles. The van der Waals surface area contributed by atoms with Gasteiger partial charge < -0.3 is 14.4 Å². The zero-order valence-corrected chi connectivity index (χ0v) is 15.1. The number of rotatable bonds is 6. The van der Waals surface area contributed by atoms with E-state index in [1.165, 1.54) is 11.8 Å². The van der Waals surface area contributed by atoms with Crippen LogP contribution >= 0.6 is 11.6 Å². The van der Waals surface area contributed by atoms with E-state index in [1.807, 2.05) is 12.1 Å². The molecule has 2 aromatic rings. The number of halogens is 1. The molecular weight excluding hydrogens is 342 g/mol. The van der Waals surface area contributed by atoms with Gasteiger partial charge in [-0.3, -0.25) is 4.79 Å². The molecule has 2 aromatic carbocycles. The number of carbonyl (C=O) groups excluding carboxylic acids is 2. The van der Waals surface area contributed by atoms with E-state index in [2.05, 4.69) is 0 Å². The molecule has 0 aromatic heterocycles. The molecule has 6 heteroatoms. The Morgan fingerprint density at radius 1 is 1.08 bits per heavy atom. The molecular formula is C19H20ClNO4. The van der Waals surface area contributed by atoms with Crippen molar-refractivity contribution in [3.63, 3.8) is 0 Å². The third-order valence-corrected chi connectivity index (χ3v) is 3.74. The summed E-state index contributed by atoms with van der Waals surface area (Å²) in [6.45, 7) is 1.82. The molecule has 0 aliphatic heterocycles. The van der Waals surface area contributed by atoms with E-state index in [9.17, 15) is 9.59 Å². The fourth-order valence-corrected chi connectivity index (χ4v) is 2.27. The van der Waals surface area contributed by atoms with Gasteiger partial charge in [0.2, 0.25) is 0 Å². The lowest BCUT2D eigenvalue weighted by molar-refractivity contribution is -0.137. The Morgan fingerprint density at radius 2 is 1.72 bits per heavy atom. The van der Waals surface area contributed by atoms with Gasteiger partial charge in [0, 0.05) is 19.1 Å². The quantitative estimate of drug-likeness (QED) is 0.738. The van der Waals surface area contributed by atoms with Crippen molar-refractivity contribution < 1.29 is 19.1 Å². The van der Waals surface area contributed by atoms with Gasteiger partial charge >= 0.3 is 5.97 Å². The Hall–Kier alpha value is -2.53. The van der Waals surface area contributed by atoms with Crippen LogP contribution in [0.2, 0.25) is 5.02 Å². The summed E-state index contributed by atoms with van der Waals surface area (Å²) in [6, 6.07) is 14.0. The first-order valence-electron chi connectivity index (χ1n) is 7.77. The molecule has 0 spiro atoms. The number of carbonyl (C=O) groups is 2. The van der Waals surface area contributed by atoms with E-state index in [-0.39, 0.29) is 18.1 Å². The highest BCUT2D eigenvalue weighted by atomic mass is 35.5. The van der Waals surface area contributed by atoms with Gasteiger partial charge in [-0.05, 0) is 36.8 Å². The van der Waals surface area contributed by atoms with Crippen LogP contribution < -0.4 is 4.74 Å². The second kappa shape index (κ2) is 8.53. The minimum absolute atomic E-state index is 0.273. The summed E-state index contributed by atoms with van der Waals surface area (Å²) in [5.74, 6) is -0.491. The summed E-state index contributed by atoms with van der Waals surface area (Å²) >= 11 is 5.86. The summed E-state index contributed by atoms with van der Waals surface area (Å²) in [5.41, 5.74) is 1.19. The Balaban J connectivity index is 2.07. The molecule has 0 aliphatic carbocycles. The van der Waals surface area contributed by atoms with Crippen LogP contribution in [-0.2, 0) is 16.1 Å². The van der Waals surface area contributed by atoms with E-state index in [0.717, 1.165) is 5.56 Å². The highest BCUT2D eigenvalue weighted by molar-refractivity contribution is 6.30. The lowest BCUT2D eigenvalue weighted by atomic mass is 10.2. The summed E-state index contributed by atoms with van der Waals surface area (Å²) in [6.07, 6.45) is -0.869. The Labute approximate surface area is 152 Å². The van der Waals surface area contributed by atoms with Crippen molar-refractivity contribution >= 4 is 23.5 Å². The highest BCUT2D eigenvalue weighted by Crippen LogP contribution is 2.21. The molecule has 0 unspecified atom stereocenters. The first-order valence-corrected chi connectivity index (χ1v) is 8.14. The number of esters is 1. The zero-order valence-electron chi connectivity index (χ0n) is 14.4. The molecule has 0 saturated carbocycles. The number of hydrogen-bond donors (Lipinski definition) is 0. The normalized spacial score (nSPS) is 11.5. The molecule has 1 atom stereocenters. The van der Waals surface area contributed by atoms with Crippen molar-refractivity contribution in [2.24, 2.45) is 0 Å². The van der Waals surface area contributed by atoms with Crippen LogP contribution in [0, 0.1) is 0 Å². The smallest absolute Gasteiger partial charge is 0.342 e. The van der Waals surface area contributed by atoms with Crippen LogP contribution in [0.3, 0.4) is 0 Å². The summed E-state index contributed by atoms with van der Waals surface area (Å²) in [4.78, 5) is 25.6. The molecule has 0 radical (unpaired) electrons. The number of nitrogens with zero attached hydrogens (tertiary/aromatic N) is 1. The van der Waals surface area contributed by atoms with Crippen molar-refractivity contribution in [1.29, 1.82) is 0 Å². The average molecular weight is 362 g/mol. The number of ether oxygens (including phenoxy) is 2. The summed E-state index contributed by atoms with van der Waals surface area (Å²) in [7, 11) is 3.21. The van der Waals surface area contributed by atoms with Crippen LogP contribution in [-0.4, -0.2) is 37.0 Å². The maximum absolute atomic E-state index is 12.4.